The highest BCUT2D eigenvalue weighted by molar-refractivity contribution is 8.13. The van der Waals surface area contributed by atoms with Gasteiger partial charge >= 0.3 is 0 Å². The summed E-state index contributed by atoms with van der Waals surface area (Å²) in [6.07, 6.45) is 2.23. The topological polar surface area (TPSA) is 67.5 Å². The monoisotopic (exact) mass is 133 g/mol. The molecule has 0 atom stereocenters. The lowest BCUT2D eigenvalue weighted by molar-refractivity contribution is -0.109. The number of hydrazone groups is 1. The Morgan fingerprint density at radius 2 is 2.62 bits per heavy atom. The molecular formula is C3H7N3OS. The second-order valence-electron chi connectivity index (χ2n) is 0.901. The van der Waals surface area contributed by atoms with Crippen molar-refractivity contribution in [3.8, 4) is 0 Å². The van der Waals surface area contributed by atoms with Crippen LogP contribution in [0.3, 0.4) is 0 Å². The third kappa shape index (κ3) is 3.48. The van der Waals surface area contributed by atoms with Crippen LogP contribution in [-0.2, 0) is 4.79 Å². The highest BCUT2D eigenvalue weighted by atomic mass is 32.2. The Balaban J connectivity index is 3.40. The molecule has 4 nitrogen and oxygen atoms in total. The molecule has 0 aromatic rings. The maximum atomic E-state index is 9.54. The van der Waals surface area contributed by atoms with Gasteiger partial charge in [0.15, 0.2) is 5.17 Å². The summed E-state index contributed by atoms with van der Waals surface area (Å²) < 4.78 is 0. The molecule has 0 saturated heterocycles. The second kappa shape index (κ2) is 4.45. The van der Waals surface area contributed by atoms with Crippen LogP contribution in [-0.4, -0.2) is 17.8 Å². The SMILES string of the molecule is CSC(N)=NNC=O. The summed E-state index contributed by atoms with van der Waals surface area (Å²) in [4.78, 5) is 9.54. The zero-order valence-corrected chi connectivity index (χ0v) is 5.23. The van der Waals surface area contributed by atoms with Crippen molar-refractivity contribution in [3.63, 3.8) is 0 Å². The van der Waals surface area contributed by atoms with E-state index >= 15 is 0 Å². The second-order valence-corrected chi connectivity index (χ2v) is 1.73. The molecule has 0 saturated carbocycles. The molecule has 0 aromatic carbocycles. The van der Waals surface area contributed by atoms with Gasteiger partial charge in [0.1, 0.15) is 0 Å². The van der Waals surface area contributed by atoms with E-state index in [1.54, 1.807) is 6.26 Å². The lowest BCUT2D eigenvalue weighted by Crippen LogP contribution is -2.12. The Morgan fingerprint density at radius 3 is 3.00 bits per heavy atom. The molecule has 0 bridgehead atoms. The standard InChI is InChI=1S/C3H7N3OS/c1-8-3(4)6-5-2-7/h2H,1H3,(H2,4,6)(H,5,7). The molecule has 46 valence electrons. The molecule has 0 spiro atoms. The van der Waals surface area contributed by atoms with E-state index in [1.807, 2.05) is 0 Å². The van der Waals surface area contributed by atoms with E-state index in [4.69, 9.17) is 5.73 Å². The Morgan fingerprint density at radius 1 is 2.00 bits per heavy atom. The molecule has 0 rings (SSSR count). The third-order valence-corrected chi connectivity index (χ3v) is 0.946. The summed E-state index contributed by atoms with van der Waals surface area (Å²) in [6, 6.07) is 0. The van der Waals surface area contributed by atoms with Crippen LogP contribution in [0.15, 0.2) is 5.10 Å². The van der Waals surface area contributed by atoms with Crippen LogP contribution in [0.1, 0.15) is 0 Å². The maximum absolute atomic E-state index is 9.54. The number of rotatable bonds is 2. The predicted octanol–water partition coefficient (Wildman–Crippen LogP) is -0.675. The van der Waals surface area contributed by atoms with Crippen molar-refractivity contribution < 1.29 is 4.79 Å². The van der Waals surface area contributed by atoms with Gasteiger partial charge in [-0.05, 0) is 6.26 Å². The van der Waals surface area contributed by atoms with Gasteiger partial charge in [0, 0.05) is 0 Å². The number of amides is 1. The molecule has 0 fully saturated rings. The average molecular weight is 133 g/mol. The van der Waals surface area contributed by atoms with Crippen molar-refractivity contribution in [1.29, 1.82) is 0 Å². The Bertz CT molecular complexity index is 103. The number of nitrogens with two attached hydrogens (primary N) is 1. The first kappa shape index (κ1) is 7.29. The van der Waals surface area contributed by atoms with Crippen LogP contribution in [0, 0.1) is 0 Å². The summed E-state index contributed by atoms with van der Waals surface area (Å²) in [5.74, 6) is 0. The smallest absolute Gasteiger partial charge is 0.227 e. The van der Waals surface area contributed by atoms with E-state index in [0.29, 0.717) is 11.6 Å². The minimum absolute atomic E-state index is 0.345. The first-order chi connectivity index (χ1) is 3.81. The van der Waals surface area contributed by atoms with Crippen molar-refractivity contribution >= 4 is 23.3 Å². The van der Waals surface area contributed by atoms with Gasteiger partial charge in [0.05, 0.1) is 0 Å². The molecule has 0 aliphatic carbocycles. The summed E-state index contributed by atoms with van der Waals surface area (Å²) in [5.41, 5.74) is 7.21. The van der Waals surface area contributed by atoms with Crippen LogP contribution in [0.4, 0.5) is 0 Å². The largest absolute Gasteiger partial charge is 0.377 e. The van der Waals surface area contributed by atoms with Crippen molar-refractivity contribution in [2.75, 3.05) is 6.26 Å². The fraction of sp³-hybridized carbons (Fsp3) is 0.333. The molecule has 5 heteroatoms. The van der Waals surface area contributed by atoms with Gasteiger partial charge in [-0.15, -0.1) is 5.10 Å². The summed E-state index contributed by atoms with van der Waals surface area (Å²) in [6.45, 7) is 0. The minimum atomic E-state index is 0.345. The summed E-state index contributed by atoms with van der Waals surface area (Å²) in [5, 5.41) is 3.74. The van der Waals surface area contributed by atoms with E-state index < -0.39 is 0 Å². The van der Waals surface area contributed by atoms with Crippen molar-refractivity contribution in [3.05, 3.63) is 0 Å². The Labute approximate surface area is 51.5 Å². The summed E-state index contributed by atoms with van der Waals surface area (Å²) >= 11 is 1.27. The first-order valence-electron chi connectivity index (χ1n) is 1.87. The van der Waals surface area contributed by atoms with Crippen LogP contribution >= 0.6 is 11.8 Å². The van der Waals surface area contributed by atoms with Gasteiger partial charge in [-0.2, -0.15) is 0 Å². The fourth-order valence-corrected chi connectivity index (χ4v) is 0.280. The van der Waals surface area contributed by atoms with Gasteiger partial charge in [-0.25, -0.2) is 5.43 Å². The lowest BCUT2D eigenvalue weighted by atomic mass is 11.3. The highest BCUT2D eigenvalue weighted by Gasteiger charge is 1.81. The predicted molar refractivity (Wildman–Crippen MR) is 34.3 cm³/mol. The van der Waals surface area contributed by atoms with Crippen LogP contribution in [0.25, 0.3) is 0 Å². The zero-order chi connectivity index (χ0) is 6.41. The highest BCUT2D eigenvalue weighted by Crippen LogP contribution is 1.86. The number of carbonyl (C=O) groups excluding carboxylic acids is 1. The zero-order valence-electron chi connectivity index (χ0n) is 4.42. The van der Waals surface area contributed by atoms with Gasteiger partial charge in [-0.3, -0.25) is 4.79 Å². The molecule has 0 unspecified atom stereocenters. The van der Waals surface area contributed by atoms with E-state index in [9.17, 15) is 4.79 Å². The van der Waals surface area contributed by atoms with Crippen molar-refractivity contribution in [2.24, 2.45) is 10.8 Å². The van der Waals surface area contributed by atoms with Crippen molar-refractivity contribution in [1.82, 2.24) is 5.43 Å². The number of nitrogens with zero attached hydrogens (tertiary/aromatic N) is 1. The number of hydrogen-bond donors (Lipinski definition) is 2. The molecule has 0 aliphatic rings. The van der Waals surface area contributed by atoms with Gasteiger partial charge in [-0.1, -0.05) is 11.8 Å². The molecule has 0 radical (unpaired) electrons. The van der Waals surface area contributed by atoms with E-state index in [2.05, 4.69) is 10.5 Å². The van der Waals surface area contributed by atoms with E-state index in [0.717, 1.165) is 0 Å². The number of nitrogens with one attached hydrogen (secondary N) is 1. The molecule has 3 N–H and O–H groups in total. The molecule has 0 heterocycles. The van der Waals surface area contributed by atoms with Crippen LogP contribution in [0.5, 0.6) is 0 Å². The minimum Gasteiger partial charge on any atom is -0.377 e. The Hall–Kier alpha value is -0.710. The summed E-state index contributed by atoms with van der Waals surface area (Å²) in [7, 11) is 0. The Kier molecular flexibility index (Phi) is 4.05. The van der Waals surface area contributed by atoms with E-state index in [1.165, 1.54) is 11.8 Å². The third-order valence-electron chi connectivity index (χ3n) is 0.437. The van der Waals surface area contributed by atoms with Crippen LogP contribution < -0.4 is 11.2 Å². The molecular weight excluding hydrogens is 126 g/mol. The van der Waals surface area contributed by atoms with Gasteiger partial charge in [0.2, 0.25) is 6.41 Å². The van der Waals surface area contributed by atoms with Crippen LogP contribution in [0.2, 0.25) is 0 Å². The van der Waals surface area contributed by atoms with E-state index in [-0.39, 0.29) is 0 Å². The molecule has 1 amide bonds. The number of hydrogen-bond acceptors (Lipinski definition) is 3. The number of carbonyl (C=O) groups is 1. The average Bonchev–Trinajstić information content (AvgIpc) is 1.83. The fourth-order valence-electron chi connectivity index (χ4n) is 0.136. The number of thioether (sulfide) groups is 1. The molecule has 0 aliphatic heterocycles. The van der Waals surface area contributed by atoms with Crippen molar-refractivity contribution in [2.45, 2.75) is 0 Å². The number of amidine groups is 1. The first-order valence-corrected chi connectivity index (χ1v) is 3.10. The molecule has 0 aromatic heterocycles. The maximum Gasteiger partial charge on any atom is 0.227 e. The lowest BCUT2D eigenvalue weighted by Gasteiger charge is -1.89. The molecule has 8 heavy (non-hydrogen) atoms. The van der Waals surface area contributed by atoms with Gasteiger partial charge < -0.3 is 5.73 Å². The normalized spacial score (nSPS) is 10.9. The van der Waals surface area contributed by atoms with Gasteiger partial charge in [0.25, 0.3) is 0 Å². The quantitative estimate of drug-likeness (QED) is 0.227.